The molecule has 0 spiro atoms. The van der Waals surface area contributed by atoms with Crippen molar-refractivity contribution in [1.82, 2.24) is 20.0 Å². The topological polar surface area (TPSA) is 87.8 Å². The molecule has 3 atom stereocenters. The van der Waals surface area contributed by atoms with Crippen LogP contribution in [0.3, 0.4) is 0 Å². The summed E-state index contributed by atoms with van der Waals surface area (Å²) in [4.78, 5) is 33.3. The van der Waals surface area contributed by atoms with Gasteiger partial charge in [0.25, 0.3) is 0 Å². The van der Waals surface area contributed by atoms with Crippen LogP contribution >= 0.6 is 15.9 Å². The lowest BCUT2D eigenvalue weighted by Gasteiger charge is -2.39. The molecular formula is C24H29BrN4O4. The van der Waals surface area contributed by atoms with E-state index in [4.69, 9.17) is 14.5 Å². The molecule has 4 rings (SSSR count). The van der Waals surface area contributed by atoms with Crippen LogP contribution in [0.5, 0.6) is 0 Å². The number of carbonyl (C=O) groups is 2. The van der Waals surface area contributed by atoms with Crippen LogP contribution in [-0.4, -0.2) is 65.8 Å². The number of carbonyl (C=O) groups excluding carboxylic acids is 2. The lowest BCUT2D eigenvalue weighted by Crippen LogP contribution is -2.54. The Balaban J connectivity index is 1.80. The molecule has 9 heteroatoms. The number of aromatic amines is 1. The molecule has 0 unspecified atom stereocenters. The zero-order valence-corrected chi connectivity index (χ0v) is 20.8. The highest BCUT2D eigenvalue weighted by Crippen LogP contribution is 2.38. The summed E-state index contributed by atoms with van der Waals surface area (Å²) < 4.78 is 11.5. The molecule has 1 aromatic heterocycles. The van der Waals surface area contributed by atoms with Gasteiger partial charge in [-0.3, -0.25) is 0 Å². The molecule has 2 aromatic carbocycles. The maximum Gasteiger partial charge on any atom is 0.424 e. The van der Waals surface area contributed by atoms with Crippen molar-refractivity contribution in [2.45, 2.75) is 32.4 Å². The van der Waals surface area contributed by atoms with Gasteiger partial charge in [0.2, 0.25) is 0 Å². The average molecular weight is 517 g/mol. The van der Waals surface area contributed by atoms with E-state index in [0.717, 1.165) is 44.8 Å². The number of hydrogen-bond donors (Lipinski definition) is 1. The fourth-order valence-corrected chi connectivity index (χ4v) is 5.07. The van der Waals surface area contributed by atoms with E-state index in [1.165, 1.54) is 12.1 Å². The molecule has 0 saturated carbocycles. The van der Waals surface area contributed by atoms with Gasteiger partial charge in [0.1, 0.15) is 18.2 Å². The zero-order valence-electron chi connectivity index (χ0n) is 19.2. The first-order valence-electron chi connectivity index (χ1n) is 11.0. The average Bonchev–Trinajstić information content (AvgIpc) is 3.40. The molecule has 33 heavy (non-hydrogen) atoms. The number of halogens is 1. The van der Waals surface area contributed by atoms with Gasteiger partial charge in [-0.05, 0) is 41.8 Å². The number of fused-ring (bicyclic) bond motifs is 3. The summed E-state index contributed by atoms with van der Waals surface area (Å²) in [7, 11) is 3.00. The Morgan fingerprint density at radius 1 is 1.33 bits per heavy atom. The van der Waals surface area contributed by atoms with Gasteiger partial charge in [0.05, 0.1) is 30.8 Å². The van der Waals surface area contributed by atoms with Crippen LogP contribution in [0.4, 0.5) is 4.79 Å². The highest BCUT2D eigenvalue weighted by molar-refractivity contribution is 9.10. The number of nitrogens with one attached hydrogen (secondary N) is 1. The third-order valence-corrected chi connectivity index (χ3v) is 6.76. The first-order chi connectivity index (χ1) is 15.9. The second-order valence-electron chi connectivity index (χ2n) is 8.83. The maximum absolute atomic E-state index is 12.9. The van der Waals surface area contributed by atoms with Crippen molar-refractivity contribution in [2.75, 3.05) is 27.4 Å². The molecule has 3 aromatic rings. The lowest BCUT2D eigenvalue weighted by atomic mass is 10.1. The number of ether oxygens (including phenoxy) is 2. The minimum atomic E-state index is -0.649. The standard InChI is InChI=1S/C24H29BrN4O4/c1-14(2)21(12-30)29(24(31)33-4)28-11-15(13-32-3)9-20(28)23-26-19-8-5-16-10-17(25)6-7-18(16)22(19)27-23/h5-8,10,12,14-15,20-21H,9,11,13H2,1-4H3,(H,26,27)/t15-,20-,21+/m0/s1. The molecular weight excluding hydrogens is 488 g/mol. The summed E-state index contributed by atoms with van der Waals surface area (Å²) >= 11 is 3.53. The fourth-order valence-electron chi connectivity index (χ4n) is 4.69. The predicted molar refractivity (Wildman–Crippen MR) is 130 cm³/mol. The summed E-state index contributed by atoms with van der Waals surface area (Å²) in [5.41, 5.74) is 1.81. The summed E-state index contributed by atoms with van der Waals surface area (Å²) in [6.07, 6.45) is 0.982. The van der Waals surface area contributed by atoms with E-state index >= 15 is 0 Å². The first kappa shape index (κ1) is 23.7. The molecule has 1 aliphatic rings. The van der Waals surface area contributed by atoms with Gasteiger partial charge in [-0.25, -0.2) is 19.8 Å². The number of hydrazine groups is 1. The highest BCUT2D eigenvalue weighted by atomic mass is 79.9. The van der Waals surface area contributed by atoms with Crippen LogP contribution in [0.2, 0.25) is 0 Å². The minimum Gasteiger partial charge on any atom is -0.452 e. The van der Waals surface area contributed by atoms with E-state index in [1.807, 2.05) is 31.0 Å². The summed E-state index contributed by atoms with van der Waals surface area (Å²) in [6, 6.07) is 9.32. The van der Waals surface area contributed by atoms with Crippen LogP contribution in [0.25, 0.3) is 21.8 Å². The molecule has 1 aliphatic heterocycles. The van der Waals surface area contributed by atoms with E-state index in [9.17, 15) is 9.59 Å². The van der Waals surface area contributed by atoms with Crippen molar-refractivity contribution in [2.24, 2.45) is 11.8 Å². The first-order valence-corrected chi connectivity index (χ1v) is 11.8. The molecule has 0 bridgehead atoms. The van der Waals surface area contributed by atoms with Gasteiger partial charge in [-0.1, -0.05) is 41.9 Å². The quantitative estimate of drug-likeness (QED) is 0.458. The molecule has 1 N–H and O–H groups in total. The second kappa shape index (κ2) is 9.79. The van der Waals surface area contributed by atoms with Crippen LogP contribution < -0.4 is 0 Å². The molecule has 0 radical (unpaired) electrons. The molecule has 2 heterocycles. The SMILES string of the molecule is COC[C@H]1C[C@@H](c2nc3c(ccc4cc(Br)ccc43)[nH]2)N(N(C(=O)OC)[C@H](C=O)C(C)C)C1. The van der Waals surface area contributed by atoms with Crippen LogP contribution in [0.1, 0.15) is 32.1 Å². The normalized spacial score (nSPS) is 19.9. The maximum atomic E-state index is 12.9. The number of H-pyrrole nitrogens is 1. The van der Waals surface area contributed by atoms with Gasteiger partial charge < -0.3 is 19.3 Å². The Labute approximate surface area is 201 Å². The number of rotatable bonds is 7. The van der Waals surface area contributed by atoms with E-state index < -0.39 is 12.1 Å². The number of amides is 1. The largest absolute Gasteiger partial charge is 0.452 e. The zero-order chi connectivity index (χ0) is 23.7. The number of methoxy groups -OCH3 is 2. The van der Waals surface area contributed by atoms with Gasteiger partial charge in [-0.2, -0.15) is 0 Å². The third-order valence-electron chi connectivity index (χ3n) is 6.27. The van der Waals surface area contributed by atoms with E-state index in [2.05, 4.69) is 39.1 Å². The van der Waals surface area contributed by atoms with Crippen molar-refractivity contribution in [3.63, 3.8) is 0 Å². The summed E-state index contributed by atoms with van der Waals surface area (Å²) in [5, 5.41) is 5.52. The Bertz CT molecular complexity index is 1160. The molecule has 1 amide bonds. The predicted octanol–water partition coefficient (Wildman–Crippen LogP) is 4.69. The van der Waals surface area contributed by atoms with Gasteiger partial charge in [-0.15, -0.1) is 0 Å². The van der Waals surface area contributed by atoms with Crippen molar-refractivity contribution in [3.05, 3.63) is 40.6 Å². The van der Waals surface area contributed by atoms with Crippen LogP contribution in [-0.2, 0) is 14.3 Å². The summed E-state index contributed by atoms with van der Waals surface area (Å²) in [6.45, 7) is 4.93. The van der Waals surface area contributed by atoms with Gasteiger partial charge in [0, 0.05) is 23.5 Å². The number of imidazole rings is 1. The van der Waals surface area contributed by atoms with E-state index in [-0.39, 0.29) is 17.9 Å². The number of hydrogen-bond acceptors (Lipinski definition) is 6. The summed E-state index contributed by atoms with van der Waals surface area (Å²) in [5.74, 6) is 0.843. The van der Waals surface area contributed by atoms with Crippen molar-refractivity contribution in [3.8, 4) is 0 Å². The van der Waals surface area contributed by atoms with Crippen molar-refractivity contribution >= 4 is 50.1 Å². The number of nitrogens with zero attached hydrogens (tertiary/aromatic N) is 3. The highest BCUT2D eigenvalue weighted by Gasteiger charge is 2.43. The minimum absolute atomic E-state index is 0.0817. The van der Waals surface area contributed by atoms with E-state index in [1.54, 1.807) is 7.11 Å². The Hall–Kier alpha value is -2.49. The van der Waals surface area contributed by atoms with E-state index in [0.29, 0.717) is 13.2 Å². The van der Waals surface area contributed by atoms with Crippen molar-refractivity contribution in [1.29, 1.82) is 0 Å². The molecule has 0 aliphatic carbocycles. The van der Waals surface area contributed by atoms with Crippen LogP contribution in [0, 0.1) is 11.8 Å². The van der Waals surface area contributed by atoms with Gasteiger partial charge in [0.15, 0.2) is 0 Å². The number of aromatic nitrogens is 2. The Morgan fingerprint density at radius 3 is 2.79 bits per heavy atom. The third kappa shape index (κ3) is 4.49. The smallest absolute Gasteiger partial charge is 0.424 e. The van der Waals surface area contributed by atoms with Gasteiger partial charge >= 0.3 is 6.09 Å². The molecule has 176 valence electrons. The molecule has 1 saturated heterocycles. The second-order valence-corrected chi connectivity index (χ2v) is 9.75. The van der Waals surface area contributed by atoms with Crippen LogP contribution in [0.15, 0.2) is 34.8 Å². The monoisotopic (exact) mass is 516 g/mol. The number of aldehydes is 1. The molecule has 8 nitrogen and oxygen atoms in total. The molecule has 1 fully saturated rings. The van der Waals surface area contributed by atoms with Crippen molar-refractivity contribution < 1.29 is 19.1 Å². The Kier molecular flexibility index (Phi) is 7.02. The number of benzene rings is 2. The Morgan fingerprint density at radius 2 is 2.12 bits per heavy atom. The fraction of sp³-hybridized carbons (Fsp3) is 0.458. The lowest BCUT2D eigenvalue weighted by molar-refractivity contribution is -0.124.